The van der Waals surface area contributed by atoms with Gasteiger partial charge in [-0.3, -0.25) is 9.59 Å². The van der Waals surface area contributed by atoms with Gasteiger partial charge in [-0.05, 0) is 25.1 Å². The summed E-state index contributed by atoms with van der Waals surface area (Å²) in [5.74, 6) is -0.847. The Bertz CT molecular complexity index is 690. The molecule has 1 unspecified atom stereocenters. The number of rotatable bonds is 6. The van der Waals surface area contributed by atoms with Crippen molar-refractivity contribution in [1.29, 1.82) is 5.26 Å². The SMILES string of the molecule is CC1=C(Sc2cccc(C#N)c2)C(COCCO)C(=O)CC1=O. The number of ketones is 2. The Morgan fingerprint density at radius 3 is 2.91 bits per heavy atom. The van der Waals surface area contributed by atoms with E-state index in [1.165, 1.54) is 11.8 Å². The Kier molecular flexibility index (Phi) is 6.11. The first-order valence-corrected chi connectivity index (χ1v) is 8.01. The average molecular weight is 331 g/mol. The summed E-state index contributed by atoms with van der Waals surface area (Å²) < 4.78 is 5.31. The highest BCUT2D eigenvalue weighted by Gasteiger charge is 2.33. The van der Waals surface area contributed by atoms with Crippen molar-refractivity contribution in [3.05, 3.63) is 40.3 Å². The van der Waals surface area contributed by atoms with E-state index in [1.807, 2.05) is 6.07 Å². The minimum Gasteiger partial charge on any atom is -0.394 e. The Hall–Kier alpha value is -1.94. The van der Waals surface area contributed by atoms with Crippen molar-refractivity contribution in [3.8, 4) is 6.07 Å². The molecule has 1 aliphatic carbocycles. The minimum absolute atomic E-state index is 0.110. The average Bonchev–Trinajstić information content (AvgIpc) is 2.55. The maximum absolute atomic E-state index is 12.2. The van der Waals surface area contributed by atoms with Gasteiger partial charge in [0.05, 0.1) is 43.8 Å². The van der Waals surface area contributed by atoms with Gasteiger partial charge in [-0.1, -0.05) is 17.8 Å². The normalized spacial score (nSPS) is 18.2. The monoisotopic (exact) mass is 331 g/mol. The Balaban J connectivity index is 2.28. The molecule has 0 bridgehead atoms. The molecule has 0 aliphatic heterocycles. The van der Waals surface area contributed by atoms with E-state index < -0.39 is 5.92 Å². The molecule has 6 heteroatoms. The summed E-state index contributed by atoms with van der Waals surface area (Å²) in [6, 6.07) is 9.09. The highest BCUT2D eigenvalue weighted by molar-refractivity contribution is 8.03. The topological polar surface area (TPSA) is 87.4 Å². The van der Waals surface area contributed by atoms with Gasteiger partial charge in [0.15, 0.2) is 11.6 Å². The fraction of sp³-hybridized carbons (Fsp3) is 0.353. The van der Waals surface area contributed by atoms with Crippen molar-refractivity contribution in [2.75, 3.05) is 19.8 Å². The van der Waals surface area contributed by atoms with Gasteiger partial charge in [-0.25, -0.2) is 0 Å². The van der Waals surface area contributed by atoms with E-state index >= 15 is 0 Å². The number of carbonyl (C=O) groups is 2. The van der Waals surface area contributed by atoms with Crippen LogP contribution in [0.15, 0.2) is 39.6 Å². The molecule has 1 aromatic rings. The van der Waals surface area contributed by atoms with Crippen LogP contribution in [0.3, 0.4) is 0 Å². The van der Waals surface area contributed by atoms with Crippen LogP contribution in [0.25, 0.3) is 0 Å². The summed E-state index contributed by atoms with van der Waals surface area (Å²) >= 11 is 1.32. The molecule has 1 aliphatic rings. The second-order valence-corrected chi connectivity index (χ2v) is 6.26. The smallest absolute Gasteiger partial charge is 0.166 e. The van der Waals surface area contributed by atoms with Gasteiger partial charge in [-0.2, -0.15) is 5.26 Å². The van der Waals surface area contributed by atoms with Crippen LogP contribution in [0.5, 0.6) is 0 Å². The highest BCUT2D eigenvalue weighted by atomic mass is 32.2. The number of hydrogen-bond acceptors (Lipinski definition) is 6. The summed E-state index contributed by atoms with van der Waals surface area (Å²) in [6.45, 7) is 1.89. The number of thioether (sulfide) groups is 1. The molecule has 1 aromatic carbocycles. The van der Waals surface area contributed by atoms with Gasteiger partial charge < -0.3 is 9.84 Å². The predicted octanol–water partition coefficient (Wildman–Crippen LogP) is 2.09. The number of aliphatic hydroxyl groups is 1. The number of hydrogen-bond donors (Lipinski definition) is 1. The number of allylic oxidation sites excluding steroid dienone is 1. The first-order chi connectivity index (χ1) is 11.1. The fourth-order valence-corrected chi connectivity index (χ4v) is 3.49. The fourth-order valence-electron chi connectivity index (χ4n) is 2.30. The molecule has 0 radical (unpaired) electrons. The lowest BCUT2D eigenvalue weighted by Gasteiger charge is -2.25. The highest BCUT2D eigenvalue weighted by Crippen LogP contribution is 2.39. The maximum Gasteiger partial charge on any atom is 0.166 e. The van der Waals surface area contributed by atoms with E-state index in [0.717, 1.165) is 4.90 Å². The molecule has 1 N–H and O–H groups in total. The van der Waals surface area contributed by atoms with Gasteiger partial charge in [0.25, 0.3) is 0 Å². The summed E-state index contributed by atoms with van der Waals surface area (Å²) in [7, 11) is 0. The largest absolute Gasteiger partial charge is 0.394 e. The summed E-state index contributed by atoms with van der Waals surface area (Å²) in [5, 5.41) is 17.8. The van der Waals surface area contributed by atoms with Crippen molar-refractivity contribution >= 4 is 23.3 Å². The van der Waals surface area contributed by atoms with E-state index in [1.54, 1.807) is 25.1 Å². The number of carbonyl (C=O) groups excluding carboxylic acids is 2. The van der Waals surface area contributed by atoms with E-state index in [4.69, 9.17) is 15.1 Å². The summed E-state index contributed by atoms with van der Waals surface area (Å²) in [5.41, 5.74) is 1.09. The van der Waals surface area contributed by atoms with Gasteiger partial charge in [0.1, 0.15) is 0 Å². The number of nitrogens with zero attached hydrogens (tertiary/aromatic N) is 1. The molecule has 2 rings (SSSR count). The first-order valence-electron chi connectivity index (χ1n) is 7.20. The molecular formula is C17H17NO4S. The van der Waals surface area contributed by atoms with Crippen LogP contribution < -0.4 is 0 Å². The molecular weight excluding hydrogens is 314 g/mol. The maximum atomic E-state index is 12.2. The zero-order valence-electron chi connectivity index (χ0n) is 12.7. The van der Waals surface area contributed by atoms with Gasteiger partial charge >= 0.3 is 0 Å². The van der Waals surface area contributed by atoms with Crippen molar-refractivity contribution in [2.24, 2.45) is 5.92 Å². The lowest BCUT2D eigenvalue weighted by atomic mass is 9.89. The molecule has 0 aromatic heterocycles. The second kappa shape index (κ2) is 8.06. The number of nitriles is 1. The van der Waals surface area contributed by atoms with Gasteiger partial charge in [-0.15, -0.1) is 0 Å². The zero-order chi connectivity index (χ0) is 16.8. The zero-order valence-corrected chi connectivity index (χ0v) is 13.6. The number of aliphatic hydroxyl groups excluding tert-OH is 1. The van der Waals surface area contributed by atoms with Crippen LogP contribution in [0.1, 0.15) is 18.9 Å². The Morgan fingerprint density at radius 1 is 1.43 bits per heavy atom. The quantitative estimate of drug-likeness (QED) is 0.634. The van der Waals surface area contributed by atoms with E-state index in [0.29, 0.717) is 16.0 Å². The van der Waals surface area contributed by atoms with Gasteiger partial charge in [0, 0.05) is 15.4 Å². The van der Waals surface area contributed by atoms with Crippen molar-refractivity contribution in [1.82, 2.24) is 0 Å². The molecule has 0 spiro atoms. The second-order valence-electron chi connectivity index (χ2n) is 5.15. The molecule has 23 heavy (non-hydrogen) atoms. The first kappa shape index (κ1) is 17.4. The molecule has 120 valence electrons. The minimum atomic E-state index is -0.505. The number of Topliss-reactive ketones (excluding diaryl/α,β-unsaturated/α-hetero) is 2. The third-order valence-corrected chi connectivity index (χ3v) is 4.84. The number of benzene rings is 1. The predicted molar refractivity (Wildman–Crippen MR) is 85.7 cm³/mol. The lowest BCUT2D eigenvalue weighted by Crippen LogP contribution is -2.30. The van der Waals surface area contributed by atoms with Crippen LogP contribution in [0.2, 0.25) is 0 Å². The van der Waals surface area contributed by atoms with E-state index in [9.17, 15) is 9.59 Å². The van der Waals surface area contributed by atoms with Crippen LogP contribution in [0.4, 0.5) is 0 Å². The van der Waals surface area contributed by atoms with Crippen molar-refractivity contribution in [2.45, 2.75) is 18.2 Å². The van der Waals surface area contributed by atoms with Crippen molar-refractivity contribution < 1.29 is 19.4 Å². The Morgan fingerprint density at radius 2 is 2.22 bits per heavy atom. The molecule has 0 heterocycles. The molecule has 0 amide bonds. The van der Waals surface area contributed by atoms with Crippen LogP contribution >= 0.6 is 11.8 Å². The van der Waals surface area contributed by atoms with Crippen LogP contribution in [-0.4, -0.2) is 36.5 Å². The van der Waals surface area contributed by atoms with Crippen molar-refractivity contribution in [3.63, 3.8) is 0 Å². The standard InChI is InChI=1S/C17H17NO4S/c1-11-15(20)8-16(21)14(10-22-6-5-19)17(11)23-13-4-2-3-12(7-13)9-18/h2-4,7,14,19H,5-6,8,10H2,1H3. The Labute approximate surface area is 138 Å². The summed E-state index contributed by atoms with van der Waals surface area (Å²) in [6.07, 6.45) is -0.110. The van der Waals surface area contributed by atoms with Crippen LogP contribution in [0, 0.1) is 17.2 Å². The third-order valence-electron chi connectivity index (χ3n) is 3.54. The lowest BCUT2D eigenvalue weighted by molar-refractivity contribution is -0.129. The molecule has 1 atom stereocenters. The number of ether oxygens (including phenoxy) is 1. The third kappa shape index (κ3) is 4.29. The van der Waals surface area contributed by atoms with Gasteiger partial charge in [0.2, 0.25) is 0 Å². The van der Waals surface area contributed by atoms with E-state index in [-0.39, 0.29) is 37.8 Å². The molecule has 0 saturated carbocycles. The molecule has 0 saturated heterocycles. The van der Waals surface area contributed by atoms with E-state index in [2.05, 4.69) is 6.07 Å². The summed E-state index contributed by atoms with van der Waals surface area (Å²) in [4.78, 5) is 25.6. The van der Waals surface area contributed by atoms with Crippen LogP contribution in [-0.2, 0) is 14.3 Å². The molecule has 0 fully saturated rings. The molecule has 5 nitrogen and oxygen atoms in total.